The average molecular weight is 218 g/mol. The van der Waals surface area contributed by atoms with Crippen LogP contribution in [0.2, 0.25) is 0 Å². The van der Waals surface area contributed by atoms with E-state index >= 15 is 0 Å². The quantitative estimate of drug-likeness (QED) is 0.801. The Labute approximate surface area is 98.2 Å². The van der Waals surface area contributed by atoms with Gasteiger partial charge in [0.25, 0.3) is 0 Å². The van der Waals surface area contributed by atoms with E-state index in [0.29, 0.717) is 12.1 Å². The highest BCUT2D eigenvalue weighted by molar-refractivity contribution is 5.49. The van der Waals surface area contributed by atoms with Crippen molar-refractivity contribution in [2.45, 2.75) is 51.6 Å². The molecule has 16 heavy (non-hydrogen) atoms. The van der Waals surface area contributed by atoms with E-state index in [-0.39, 0.29) is 0 Å². The van der Waals surface area contributed by atoms with Crippen molar-refractivity contribution in [2.75, 3.05) is 5.32 Å². The molecule has 0 aliphatic heterocycles. The van der Waals surface area contributed by atoms with Gasteiger partial charge >= 0.3 is 0 Å². The predicted octanol–water partition coefficient (Wildman–Crippen LogP) is 2.99. The molecule has 1 aromatic rings. The average Bonchev–Trinajstić information content (AvgIpc) is 2.20. The molecule has 88 valence electrons. The molecule has 2 atom stereocenters. The molecule has 0 amide bonds. The van der Waals surface area contributed by atoms with E-state index in [1.165, 1.54) is 36.1 Å². The minimum atomic E-state index is 0.314. The third kappa shape index (κ3) is 2.76. The van der Waals surface area contributed by atoms with Crippen LogP contribution in [0, 0.1) is 13.8 Å². The van der Waals surface area contributed by atoms with E-state index in [1.54, 1.807) is 0 Å². The molecule has 3 N–H and O–H groups in total. The van der Waals surface area contributed by atoms with Crippen LogP contribution in [-0.2, 0) is 0 Å². The van der Waals surface area contributed by atoms with Crippen molar-refractivity contribution in [3.05, 3.63) is 29.3 Å². The van der Waals surface area contributed by atoms with Crippen molar-refractivity contribution >= 4 is 5.69 Å². The lowest BCUT2D eigenvalue weighted by atomic mass is 9.91. The molecule has 0 radical (unpaired) electrons. The SMILES string of the molecule is Cc1cc(C)cc(N[C@@H]2CCCC[C@@H]2N)c1. The Morgan fingerprint density at radius 3 is 2.31 bits per heavy atom. The van der Waals surface area contributed by atoms with Crippen molar-refractivity contribution in [2.24, 2.45) is 5.73 Å². The van der Waals surface area contributed by atoms with Crippen molar-refractivity contribution in [3.8, 4) is 0 Å². The fraction of sp³-hybridized carbons (Fsp3) is 0.571. The molecule has 2 heteroatoms. The summed E-state index contributed by atoms with van der Waals surface area (Å²) < 4.78 is 0. The molecular weight excluding hydrogens is 196 g/mol. The van der Waals surface area contributed by atoms with Crippen LogP contribution in [0.1, 0.15) is 36.8 Å². The molecule has 1 aromatic carbocycles. The zero-order valence-corrected chi connectivity index (χ0v) is 10.3. The van der Waals surface area contributed by atoms with Gasteiger partial charge < -0.3 is 11.1 Å². The molecule has 0 heterocycles. The molecule has 0 aromatic heterocycles. The lowest BCUT2D eigenvalue weighted by Crippen LogP contribution is -2.42. The number of hydrogen-bond donors (Lipinski definition) is 2. The number of anilines is 1. The first-order chi connectivity index (χ1) is 7.65. The maximum atomic E-state index is 6.14. The standard InChI is InChI=1S/C14H22N2/c1-10-7-11(2)9-12(8-10)16-14-6-4-3-5-13(14)15/h7-9,13-14,16H,3-6,15H2,1-2H3/t13-,14+/m0/s1. The Morgan fingerprint density at radius 2 is 1.69 bits per heavy atom. The van der Waals surface area contributed by atoms with Crippen LogP contribution < -0.4 is 11.1 Å². The molecule has 2 rings (SSSR count). The molecule has 0 bridgehead atoms. The molecule has 0 saturated heterocycles. The van der Waals surface area contributed by atoms with Crippen LogP contribution in [0.15, 0.2) is 18.2 Å². The summed E-state index contributed by atoms with van der Waals surface area (Å²) in [6.07, 6.45) is 4.94. The monoisotopic (exact) mass is 218 g/mol. The fourth-order valence-electron chi connectivity index (χ4n) is 2.61. The molecule has 1 aliphatic carbocycles. The summed E-state index contributed by atoms with van der Waals surface area (Å²) in [6.45, 7) is 4.28. The van der Waals surface area contributed by atoms with E-state index in [0.717, 1.165) is 6.42 Å². The Kier molecular flexibility index (Phi) is 3.49. The number of hydrogen-bond acceptors (Lipinski definition) is 2. The van der Waals surface area contributed by atoms with Gasteiger partial charge in [-0.1, -0.05) is 18.9 Å². The van der Waals surface area contributed by atoms with Crippen molar-refractivity contribution in [3.63, 3.8) is 0 Å². The Hall–Kier alpha value is -1.02. The minimum absolute atomic E-state index is 0.314. The largest absolute Gasteiger partial charge is 0.381 e. The number of nitrogens with two attached hydrogens (primary N) is 1. The number of aryl methyl sites for hydroxylation is 2. The third-order valence-electron chi connectivity index (χ3n) is 3.39. The molecule has 1 saturated carbocycles. The van der Waals surface area contributed by atoms with Crippen LogP contribution in [0.25, 0.3) is 0 Å². The zero-order valence-electron chi connectivity index (χ0n) is 10.3. The van der Waals surface area contributed by atoms with Gasteiger partial charge in [0.15, 0.2) is 0 Å². The lowest BCUT2D eigenvalue weighted by molar-refractivity contribution is 0.404. The first-order valence-electron chi connectivity index (χ1n) is 6.25. The number of nitrogens with one attached hydrogen (secondary N) is 1. The number of rotatable bonds is 2. The van der Waals surface area contributed by atoms with Crippen LogP contribution in [0.4, 0.5) is 5.69 Å². The third-order valence-corrected chi connectivity index (χ3v) is 3.39. The van der Waals surface area contributed by atoms with Crippen LogP contribution in [-0.4, -0.2) is 12.1 Å². The molecule has 2 nitrogen and oxygen atoms in total. The van der Waals surface area contributed by atoms with Gasteiger partial charge in [-0.15, -0.1) is 0 Å². The molecule has 1 fully saturated rings. The van der Waals surface area contributed by atoms with Crippen LogP contribution in [0.3, 0.4) is 0 Å². The highest BCUT2D eigenvalue weighted by atomic mass is 15.0. The first kappa shape index (κ1) is 11.5. The first-order valence-corrected chi connectivity index (χ1v) is 6.25. The predicted molar refractivity (Wildman–Crippen MR) is 69.8 cm³/mol. The Balaban J connectivity index is 2.07. The van der Waals surface area contributed by atoms with E-state index in [1.807, 2.05) is 0 Å². The van der Waals surface area contributed by atoms with Gasteiger partial charge in [-0.05, 0) is 49.9 Å². The zero-order chi connectivity index (χ0) is 11.5. The van der Waals surface area contributed by atoms with Crippen molar-refractivity contribution in [1.29, 1.82) is 0 Å². The van der Waals surface area contributed by atoms with Crippen molar-refractivity contribution in [1.82, 2.24) is 0 Å². The van der Waals surface area contributed by atoms with Gasteiger partial charge in [0.1, 0.15) is 0 Å². The van der Waals surface area contributed by atoms with Gasteiger partial charge in [-0.3, -0.25) is 0 Å². The Morgan fingerprint density at radius 1 is 1.06 bits per heavy atom. The highest BCUT2D eigenvalue weighted by Gasteiger charge is 2.21. The summed E-state index contributed by atoms with van der Waals surface area (Å²) in [5, 5.41) is 3.59. The molecule has 1 aliphatic rings. The van der Waals surface area contributed by atoms with Gasteiger partial charge in [-0.2, -0.15) is 0 Å². The molecule has 0 unspecified atom stereocenters. The second-order valence-corrected chi connectivity index (χ2v) is 5.08. The normalized spacial score (nSPS) is 25.4. The second-order valence-electron chi connectivity index (χ2n) is 5.08. The minimum Gasteiger partial charge on any atom is -0.381 e. The Bertz CT molecular complexity index is 340. The van der Waals surface area contributed by atoms with Gasteiger partial charge in [-0.25, -0.2) is 0 Å². The summed E-state index contributed by atoms with van der Waals surface area (Å²) in [7, 11) is 0. The second kappa shape index (κ2) is 4.88. The van der Waals surface area contributed by atoms with E-state index in [9.17, 15) is 0 Å². The number of benzene rings is 1. The van der Waals surface area contributed by atoms with E-state index in [4.69, 9.17) is 5.73 Å². The highest BCUT2D eigenvalue weighted by Crippen LogP contribution is 2.22. The summed E-state index contributed by atoms with van der Waals surface area (Å²) in [6, 6.07) is 7.37. The summed E-state index contributed by atoms with van der Waals surface area (Å²) in [4.78, 5) is 0. The summed E-state index contributed by atoms with van der Waals surface area (Å²) in [5.74, 6) is 0. The van der Waals surface area contributed by atoms with E-state index in [2.05, 4.69) is 37.4 Å². The fourth-order valence-corrected chi connectivity index (χ4v) is 2.61. The van der Waals surface area contributed by atoms with Crippen LogP contribution in [0.5, 0.6) is 0 Å². The maximum Gasteiger partial charge on any atom is 0.0412 e. The molecular formula is C14H22N2. The maximum absolute atomic E-state index is 6.14. The van der Waals surface area contributed by atoms with Crippen LogP contribution >= 0.6 is 0 Å². The van der Waals surface area contributed by atoms with Crippen molar-refractivity contribution < 1.29 is 0 Å². The summed E-state index contributed by atoms with van der Waals surface area (Å²) in [5.41, 5.74) is 9.99. The summed E-state index contributed by atoms with van der Waals surface area (Å²) >= 11 is 0. The van der Waals surface area contributed by atoms with E-state index < -0.39 is 0 Å². The van der Waals surface area contributed by atoms with Gasteiger partial charge in [0.05, 0.1) is 0 Å². The smallest absolute Gasteiger partial charge is 0.0412 e. The topological polar surface area (TPSA) is 38.0 Å². The van der Waals surface area contributed by atoms with Gasteiger partial charge in [0, 0.05) is 17.8 Å². The van der Waals surface area contributed by atoms with Gasteiger partial charge in [0.2, 0.25) is 0 Å². The molecule has 0 spiro atoms. The lowest BCUT2D eigenvalue weighted by Gasteiger charge is -2.30.